The first-order chi connectivity index (χ1) is 19.2. The first-order valence-electron chi connectivity index (χ1n) is 14.9. The summed E-state index contributed by atoms with van der Waals surface area (Å²) in [4.78, 5) is 15.5. The number of benzene rings is 2. The summed E-state index contributed by atoms with van der Waals surface area (Å²) in [7, 11) is -1.45. The van der Waals surface area contributed by atoms with Gasteiger partial charge in [0.2, 0.25) is 0 Å². The second-order valence-corrected chi connectivity index (χ2v) is 14.5. The van der Waals surface area contributed by atoms with Gasteiger partial charge in [0.15, 0.2) is 0 Å². The largest absolute Gasteiger partial charge is 0.490 e. The molecule has 1 aliphatic heterocycles. The quantitative estimate of drug-likeness (QED) is 0.366. The average Bonchev–Trinajstić information content (AvgIpc) is 3.06. The summed E-state index contributed by atoms with van der Waals surface area (Å²) in [6.45, 7) is 7.94. The molecule has 2 N–H and O–H groups in total. The Morgan fingerprint density at radius 1 is 1.25 bits per heavy atom. The van der Waals surface area contributed by atoms with E-state index in [-0.39, 0.29) is 22.7 Å². The maximum atomic E-state index is 13.1. The molecule has 0 bridgehead atoms. The van der Waals surface area contributed by atoms with Crippen LogP contribution >= 0.6 is 11.6 Å². The zero-order chi connectivity index (χ0) is 28.4. The molecule has 218 valence electrons. The van der Waals surface area contributed by atoms with Gasteiger partial charge in [0.25, 0.3) is 5.91 Å². The standard InChI is InChI=1S/C32H43ClN2O4S/c1-4-5-8-29(36)26-12-9-24(26)18-35-19-32(15-6-7-22-16-25(33)11-13-27(22)32)20-39-30-14-10-23(17-28(30)35)31(37)34-40(38)21(2)3/h10-11,13-14,16-17,21,24,26,29,36H,4-9,12,15,18-20H2,1-3H3,(H,34,37)/t24?,26?,29?,32-,40?/m0/s1. The number of carbonyl (C=O) groups is 1. The zero-order valence-electron chi connectivity index (χ0n) is 24.0. The molecule has 2 aromatic carbocycles. The fourth-order valence-electron chi connectivity index (χ4n) is 6.76. The van der Waals surface area contributed by atoms with Crippen molar-refractivity contribution in [2.24, 2.45) is 11.8 Å². The molecular formula is C32H43ClN2O4S. The molecule has 1 fully saturated rings. The third-order valence-electron chi connectivity index (χ3n) is 9.20. The van der Waals surface area contributed by atoms with Crippen LogP contribution in [0.25, 0.3) is 0 Å². The molecule has 0 radical (unpaired) electrons. The van der Waals surface area contributed by atoms with E-state index in [0.29, 0.717) is 24.0 Å². The van der Waals surface area contributed by atoms with Crippen molar-refractivity contribution in [2.45, 2.75) is 88.9 Å². The predicted octanol–water partition coefficient (Wildman–Crippen LogP) is 6.19. The van der Waals surface area contributed by atoms with Crippen molar-refractivity contribution in [1.82, 2.24) is 4.72 Å². The summed E-state index contributed by atoms with van der Waals surface area (Å²) in [6, 6.07) is 11.8. The van der Waals surface area contributed by atoms with Crippen molar-refractivity contribution in [3.05, 3.63) is 58.1 Å². The molecule has 6 nitrogen and oxygen atoms in total. The van der Waals surface area contributed by atoms with Gasteiger partial charge >= 0.3 is 0 Å². The number of hydrogen-bond donors (Lipinski definition) is 2. The molecule has 0 saturated heterocycles. The third kappa shape index (κ3) is 6.07. The number of carbonyl (C=O) groups excluding carboxylic acids is 1. The summed E-state index contributed by atoms with van der Waals surface area (Å²) in [5, 5.41) is 11.6. The van der Waals surface area contributed by atoms with Crippen molar-refractivity contribution < 1.29 is 18.8 Å². The third-order valence-corrected chi connectivity index (χ3v) is 10.7. The van der Waals surface area contributed by atoms with Gasteiger partial charge in [-0.15, -0.1) is 0 Å². The van der Waals surface area contributed by atoms with E-state index in [2.05, 4.69) is 28.7 Å². The van der Waals surface area contributed by atoms with Crippen molar-refractivity contribution in [3.63, 3.8) is 0 Å². The summed E-state index contributed by atoms with van der Waals surface area (Å²) >= 11 is 6.39. The van der Waals surface area contributed by atoms with E-state index >= 15 is 0 Å². The van der Waals surface area contributed by atoms with E-state index in [4.69, 9.17) is 16.3 Å². The molecule has 4 unspecified atom stereocenters. The van der Waals surface area contributed by atoms with Crippen LogP contribution in [0.4, 0.5) is 5.69 Å². The molecule has 2 aromatic rings. The van der Waals surface area contributed by atoms with Crippen LogP contribution in [0.2, 0.25) is 5.02 Å². The normalized spacial score (nSPS) is 25.3. The summed E-state index contributed by atoms with van der Waals surface area (Å²) < 4.78 is 21.6. The van der Waals surface area contributed by atoms with Gasteiger partial charge in [-0.25, -0.2) is 4.21 Å². The SMILES string of the molecule is CCCCC(O)C1CCC1CN1C[C@@]2(CCCc3cc(Cl)ccc32)COc2ccc(C(=O)NS(=O)C(C)C)cc21. The van der Waals surface area contributed by atoms with Crippen LogP contribution in [-0.2, 0) is 22.8 Å². The first-order valence-corrected chi connectivity index (χ1v) is 16.5. The number of aliphatic hydroxyl groups excluding tert-OH is 1. The molecule has 5 rings (SSSR count). The lowest BCUT2D eigenvalue weighted by atomic mass is 9.68. The Bertz CT molecular complexity index is 1250. The Balaban J connectivity index is 1.48. The fraction of sp³-hybridized carbons (Fsp3) is 0.594. The molecule has 3 aliphatic rings. The second-order valence-electron chi connectivity index (χ2n) is 12.3. The van der Waals surface area contributed by atoms with E-state index in [0.717, 1.165) is 80.9 Å². The van der Waals surface area contributed by atoms with Crippen LogP contribution in [-0.4, -0.2) is 46.3 Å². The molecule has 1 heterocycles. The van der Waals surface area contributed by atoms with E-state index in [1.807, 2.05) is 32.0 Å². The van der Waals surface area contributed by atoms with Gasteiger partial charge in [-0.1, -0.05) is 37.4 Å². The second kappa shape index (κ2) is 12.4. The molecule has 2 aliphatic carbocycles. The van der Waals surface area contributed by atoms with Crippen molar-refractivity contribution >= 4 is 34.2 Å². The number of fused-ring (bicyclic) bond motifs is 3. The van der Waals surface area contributed by atoms with Gasteiger partial charge in [0.1, 0.15) is 16.7 Å². The summed E-state index contributed by atoms with van der Waals surface area (Å²) in [5.41, 5.74) is 3.77. The van der Waals surface area contributed by atoms with Crippen LogP contribution in [0.15, 0.2) is 36.4 Å². The number of rotatable bonds is 9. The fourth-order valence-corrected chi connectivity index (χ4v) is 7.49. The number of halogens is 1. The highest BCUT2D eigenvalue weighted by atomic mass is 35.5. The number of amides is 1. The van der Waals surface area contributed by atoms with Crippen LogP contribution in [0.3, 0.4) is 0 Å². The lowest BCUT2D eigenvalue weighted by Crippen LogP contribution is -2.49. The highest BCUT2D eigenvalue weighted by molar-refractivity contribution is 7.84. The van der Waals surface area contributed by atoms with Gasteiger partial charge in [0.05, 0.1) is 18.4 Å². The average molecular weight is 587 g/mol. The summed E-state index contributed by atoms with van der Waals surface area (Å²) in [6.07, 6.45) is 7.96. The number of ether oxygens (including phenoxy) is 1. The molecule has 1 saturated carbocycles. The topological polar surface area (TPSA) is 78.9 Å². The Kier molecular flexibility index (Phi) is 9.13. The van der Waals surface area contributed by atoms with Gasteiger partial charge in [-0.05, 0) is 106 Å². The number of nitrogens with one attached hydrogen (secondary N) is 1. The van der Waals surface area contributed by atoms with Gasteiger partial charge in [0, 0.05) is 34.3 Å². The van der Waals surface area contributed by atoms with Crippen molar-refractivity contribution in [2.75, 3.05) is 24.6 Å². The maximum absolute atomic E-state index is 13.1. The Labute approximate surface area is 246 Å². The van der Waals surface area contributed by atoms with Crippen LogP contribution in [0, 0.1) is 11.8 Å². The Hall–Kier alpha value is -2.09. The van der Waals surface area contributed by atoms with E-state index < -0.39 is 11.0 Å². The minimum absolute atomic E-state index is 0.168. The minimum Gasteiger partial charge on any atom is -0.490 e. The lowest BCUT2D eigenvalue weighted by Gasteiger charge is -2.45. The number of anilines is 1. The smallest absolute Gasteiger partial charge is 0.263 e. The number of unbranched alkanes of at least 4 members (excludes halogenated alkanes) is 1. The molecule has 5 atom stereocenters. The predicted molar refractivity (Wildman–Crippen MR) is 163 cm³/mol. The van der Waals surface area contributed by atoms with E-state index in [9.17, 15) is 14.1 Å². The number of hydrogen-bond acceptors (Lipinski definition) is 5. The van der Waals surface area contributed by atoms with E-state index in [1.165, 1.54) is 11.1 Å². The van der Waals surface area contributed by atoms with E-state index in [1.54, 1.807) is 6.07 Å². The van der Waals surface area contributed by atoms with Gasteiger partial charge < -0.3 is 14.7 Å². The van der Waals surface area contributed by atoms with Crippen molar-refractivity contribution in [1.29, 1.82) is 0 Å². The minimum atomic E-state index is -1.45. The summed E-state index contributed by atoms with van der Waals surface area (Å²) in [5.74, 6) is 1.10. The number of aliphatic hydroxyl groups is 1. The molecule has 0 aromatic heterocycles. The van der Waals surface area contributed by atoms with Crippen LogP contribution < -0.4 is 14.4 Å². The molecule has 1 amide bonds. The monoisotopic (exact) mass is 586 g/mol. The number of aryl methyl sites for hydroxylation is 1. The highest BCUT2D eigenvalue weighted by Crippen LogP contribution is 2.46. The lowest BCUT2D eigenvalue weighted by molar-refractivity contribution is 0.00930. The Morgan fingerprint density at radius 2 is 2.08 bits per heavy atom. The van der Waals surface area contributed by atoms with Gasteiger partial charge in [-0.3, -0.25) is 9.52 Å². The molecular weight excluding hydrogens is 544 g/mol. The highest BCUT2D eigenvalue weighted by Gasteiger charge is 2.44. The van der Waals surface area contributed by atoms with Crippen molar-refractivity contribution in [3.8, 4) is 5.75 Å². The van der Waals surface area contributed by atoms with Crippen LogP contribution in [0.5, 0.6) is 5.75 Å². The molecule has 8 heteroatoms. The van der Waals surface area contributed by atoms with Gasteiger partial charge in [-0.2, -0.15) is 0 Å². The Morgan fingerprint density at radius 3 is 2.80 bits per heavy atom. The number of nitrogens with zero attached hydrogens (tertiary/aromatic N) is 1. The first kappa shape index (κ1) is 29.4. The molecule has 1 spiro atoms. The molecule has 40 heavy (non-hydrogen) atoms. The van der Waals surface area contributed by atoms with Crippen LogP contribution in [0.1, 0.15) is 87.2 Å². The maximum Gasteiger partial charge on any atom is 0.263 e. The zero-order valence-corrected chi connectivity index (χ0v) is 25.5.